The molecule has 10 heavy (non-hydrogen) atoms. The lowest BCUT2D eigenvalue weighted by atomic mass is 10.1. The Morgan fingerprint density at radius 2 is 2.50 bits per heavy atom. The molecule has 0 saturated heterocycles. The highest BCUT2D eigenvalue weighted by Gasteiger charge is 2.13. The van der Waals surface area contributed by atoms with Crippen LogP contribution in [0.3, 0.4) is 0 Å². The Hall–Kier alpha value is -1.09. The van der Waals surface area contributed by atoms with Crippen LogP contribution in [0.5, 0.6) is 0 Å². The molecule has 1 aliphatic rings. The van der Waals surface area contributed by atoms with Gasteiger partial charge in [-0.3, -0.25) is 5.10 Å². The van der Waals surface area contributed by atoms with Gasteiger partial charge in [-0.05, 0) is 5.57 Å². The zero-order valence-electron chi connectivity index (χ0n) is 5.55. The molecule has 2 heterocycles. The smallest absolute Gasteiger partial charge is 0.0758 e. The minimum Gasteiger partial charge on any atom is -0.372 e. The SMILES string of the molecule is C=C1COCc2cn[nH]c21. The Kier molecular flexibility index (Phi) is 1.11. The number of nitrogens with one attached hydrogen (secondary N) is 1. The fourth-order valence-electron chi connectivity index (χ4n) is 1.08. The van der Waals surface area contributed by atoms with Crippen molar-refractivity contribution in [3.05, 3.63) is 24.0 Å². The summed E-state index contributed by atoms with van der Waals surface area (Å²) in [6.07, 6.45) is 1.78. The van der Waals surface area contributed by atoms with E-state index in [2.05, 4.69) is 16.8 Å². The lowest BCUT2D eigenvalue weighted by Crippen LogP contribution is -2.06. The van der Waals surface area contributed by atoms with Crippen molar-refractivity contribution in [3.8, 4) is 0 Å². The second kappa shape index (κ2) is 1.95. The van der Waals surface area contributed by atoms with Crippen LogP contribution in [0, 0.1) is 0 Å². The maximum Gasteiger partial charge on any atom is 0.0758 e. The number of hydrogen-bond acceptors (Lipinski definition) is 2. The summed E-state index contributed by atoms with van der Waals surface area (Å²) in [5.41, 5.74) is 3.14. The van der Waals surface area contributed by atoms with Gasteiger partial charge in [0.05, 0.1) is 25.1 Å². The highest BCUT2D eigenvalue weighted by Crippen LogP contribution is 2.20. The molecule has 1 aliphatic heterocycles. The van der Waals surface area contributed by atoms with Crippen LogP contribution in [0.2, 0.25) is 0 Å². The number of H-pyrrole nitrogens is 1. The third-order valence-corrected chi connectivity index (χ3v) is 1.61. The van der Waals surface area contributed by atoms with Crippen LogP contribution < -0.4 is 0 Å². The van der Waals surface area contributed by atoms with E-state index in [0.29, 0.717) is 13.2 Å². The van der Waals surface area contributed by atoms with Crippen LogP contribution in [-0.2, 0) is 11.3 Å². The molecule has 2 rings (SSSR count). The average Bonchev–Trinajstić information content (AvgIpc) is 2.36. The molecule has 0 aliphatic carbocycles. The molecule has 3 nitrogen and oxygen atoms in total. The fraction of sp³-hybridized carbons (Fsp3) is 0.286. The number of nitrogens with zero attached hydrogens (tertiary/aromatic N) is 1. The Morgan fingerprint density at radius 1 is 1.60 bits per heavy atom. The van der Waals surface area contributed by atoms with E-state index in [0.717, 1.165) is 16.8 Å². The zero-order chi connectivity index (χ0) is 6.97. The highest BCUT2D eigenvalue weighted by atomic mass is 16.5. The Balaban J connectivity index is 2.50. The predicted molar refractivity (Wildman–Crippen MR) is 37.3 cm³/mol. The fourth-order valence-corrected chi connectivity index (χ4v) is 1.08. The van der Waals surface area contributed by atoms with Crippen molar-refractivity contribution in [3.63, 3.8) is 0 Å². The van der Waals surface area contributed by atoms with Crippen LogP contribution in [0.1, 0.15) is 11.3 Å². The van der Waals surface area contributed by atoms with E-state index >= 15 is 0 Å². The molecule has 0 radical (unpaired) electrons. The van der Waals surface area contributed by atoms with Crippen molar-refractivity contribution >= 4 is 5.57 Å². The maximum absolute atomic E-state index is 5.21. The van der Waals surface area contributed by atoms with Crippen LogP contribution >= 0.6 is 0 Å². The molecule has 0 bridgehead atoms. The van der Waals surface area contributed by atoms with Gasteiger partial charge in [0.15, 0.2) is 0 Å². The lowest BCUT2D eigenvalue weighted by Gasteiger charge is -2.12. The first-order valence-corrected chi connectivity index (χ1v) is 3.16. The largest absolute Gasteiger partial charge is 0.372 e. The zero-order valence-corrected chi connectivity index (χ0v) is 5.55. The third kappa shape index (κ3) is 0.675. The van der Waals surface area contributed by atoms with Gasteiger partial charge in [0.25, 0.3) is 0 Å². The molecule has 1 aromatic heterocycles. The van der Waals surface area contributed by atoms with Crippen molar-refractivity contribution in [2.24, 2.45) is 0 Å². The summed E-state index contributed by atoms with van der Waals surface area (Å²) >= 11 is 0. The molecule has 0 spiro atoms. The number of fused-ring (bicyclic) bond motifs is 1. The quantitative estimate of drug-likeness (QED) is 0.576. The summed E-state index contributed by atoms with van der Waals surface area (Å²) in [6, 6.07) is 0. The van der Waals surface area contributed by atoms with Gasteiger partial charge in [0.1, 0.15) is 0 Å². The Morgan fingerprint density at radius 3 is 3.30 bits per heavy atom. The highest BCUT2D eigenvalue weighted by molar-refractivity contribution is 5.64. The maximum atomic E-state index is 5.21. The molecular formula is C7H8N2O. The van der Waals surface area contributed by atoms with Gasteiger partial charge >= 0.3 is 0 Å². The van der Waals surface area contributed by atoms with E-state index in [1.807, 2.05) is 0 Å². The number of hydrogen-bond donors (Lipinski definition) is 1. The summed E-state index contributed by atoms with van der Waals surface area (Å²) in [6.45, 7) is 5.11. The standard InChI is InChI=1S/C7H8N2O/c1-5-3-10-4-6-2-8-9-7(5)6/h2H,1,3-4H2,(H,8,9). The number of ether oxygens (including phenoxy) is 1. The minimum atomic E-state index is 0.620. The normalized spacial score (nSPS) is 17.0. The minimum absolute atomic E-state index is 0.620. The molecular weight excluding hydrogens is 128 g/mol. The Labute approximate surface area is 58.7 Å². The van der Waals surface area contributed by atoms with Crippen LogP contribution in [0.15, 0.2) is 12.8 Å². The van der Waals surface area contributed by atoms with E-state index < -0.39 is 0 Å². The lowest BCUT2D eigenvalue weighted by molar-refractivity contribution is 0.146. The first-order valence-electron chi connectivity index (χ1n) is 3.16. The third-order valence-electron chi connectivity index (χ3n) is 1.61. The Bertz CT molecular complexity index is 264. The first kappa shape index (κ1) is 5.68. The van der Waals surface area contributed by atoms with Gasteiger partial charge in [-0.15, -0.1) is 0 Å². The second-order valence-electron chi connectivity index (χ2n) is 2.37. The molecule has 0 unspecified atom stereocenters. The van der Waals surface area contributed by atoms with Gasteiger partial charge in [-0.1, -0.05) is 6.58 Å². The summed E-state index contributed by atoms with van der Waals surface area (Å²) in [5, 5.41) is 6.77. The molecule has 52 valence electrons. The number of aromatic amines is 1. The van der Waals surface area contributed by atoms with Crippen LogP contribution in [0.4, 0.5) is 0 Å². The van der Waals surface area contributed by atoms with Crippen LogP contribution in [0.25, 0.3) is 5.57 Å². The van der Waals surface area contributed by atoms with E-state index in [4.69, 9.17) is 4.74 Å². The molecule has 0 fully saturated rings. The first-order chi connectivity index (χ1) is 4.88. The van der Waals surface area contributed by atoms with Gasteiger partial charge in [-0.25, -0.2) is 0 Å². The monoisotopic (exact) mass is 136 g/mol. The van der Waals surface area contributed by atoms with Gasteiger partial charge in [0, 0.05) is 5.56 Å². The van der Waals surface area contributed by atoms with Gasteiger partial charge in [-0.2, -0.15) is 5.10 Å². The van der Waals surface area contributed by atoms with E-state index in [9.17, 15) is 0 Å². The van der Waals surface area contributed by atoms with Crippen molar-refractivity contribution < 1.29 is 4.74 Å². The number of rotatable bonds is 0. The molecule has 0 amide bonds. The topological polar surface area (TPSA) is 37.9 Å². The molecule has 3 heteroatoms. The van der Waals surface area contributed by atoms with E-state index in [1.165, 1.54) is 0 Å². The van der Waals surface area contributed by atoms with Crippen molar-refractivity contribution in [1.82, 2.24) is 10.2 Å². The summed E-state index contributed by atoms with van der Waals surface area (Å²) < 4.78 is 5.21. The molecule has 0 atom stereocenters. The van der Waals surface area contributed by atoms with Crippen molar-refractivity contribution in [2.45, 2.75) is 6.61 Å². The van der Waals surface area contributed by atoms with Gasteiger partial charge in [0.2, 0.25) is 0 Å². The summed E-state index contributed by atoms with van der Waals surface area (Å²) in [4.78, 5) is 0. The second-order valence-corrected chi connectivity index (χ2v) is 2.37. The predicted octanol–water partition coefficient (Wildman–Crippen LogP) is 0.953. The average molecular weight is 136 g/mol. The molecule has 1 N–H and O–H groups in total. The molecule has 0 saturated carbocycles. The van der Waals surface area contributed by atoms with Crippen molar-refractivity contribution in [2.75, 3.05) is 6.61 Å². The van der Waals surface area contributed by atoms with E-state index in [-0.39, 0.29) is 0 Å². The summed E-state index contributed by atoms with van der Waals surface area (Å²) in [5.74, 6) is 0. The molecule has 0 aromatic carbocycles. The van der Waals surface area contributed by atoms with Crippen LogP contribution in [-0.4, -0.2) is 16.8 Å². The summed E-state index contributed by atoms with van der Waals surface area (Å²) in [7, 11) is 0. The van der Waals surface area contributed by atoms with Gasteiger partial charge < -0.3 is 4.74 Å². The van der Waals surface area contributed by atoms with E-state index in [1.54, 1.807) is 6.20 Å². The number of aromatic nitrogens is 2. The van der Waals surface area contributed by atoms with Crippen molar-refractivity contribution in [1.29, 1.82) is 0 Å². The molecule has 1 aromatic rings.